The van der Waals surface area contributed by atoms with Crippen LogP contribution in [0.25, 0.3) is 10.9 Å². The van der Waals surface area contributed by atoms with Crippen molar-refractivity contribution in [3.05, 3.63) is 64.5 Å². The number of nitrogens with one attached hydrogen (secondary N) is 1. The maximum absolute atomic E-state index is 13.2. The Kier molecular flexibility index (Phi) is 7.34. The molecule has 1 N–H and O–H groups in total. The van der Waals surface area contributed by atoms with Crippen LogP contribution in [-0.4, -0.2) is 64.9 Å². The zero-order chi connectivity index (χ0) is 22.3. The van der Waals surface area contributed by atoms with Crippen LogP contribution in [-0.2, 0) is 16.0 Å². The maximum Gasteiger partial charge on any atom is 0.254 e. The van der Waals surface area contributed by atoms with Crippen molar-refractivity contribution in [2.45, 2.75) is 32.2 Å². The Labute approximate surface area is 187 Å². The van der Waals surface area contributed by atoms with Crippen LogP contribution >= 0.6 is 0 Å². The number of piperidine rings is 1. The number of amides is 1. The molecule has 0 aliphatic carbocycles. The lowest BCUT2D eigenvalue weighted by molar-refractivity contribution is 0.0492. The topological polar surface area (TPSA) is 89.4 Å². The number of H-pyrrole nitrogens is 1. The summed E-state index contributed by atoms with van der Waals surface area (Å²) in [4.78, 5) is 34.5. The Bertz CT molecular complexity index is 1100. The van der Waals surface area contributed by atoms with Crippen molar-refractivity contribution in [3.63, 3.8) is 0 Å². The molecule has 2 aromatic heterocycles. The lowest BCUT2D eigenvalue weighted by Crippen LogP contribution is -2.39. The molecule has 1 aromatic carbocycles. The summed E-state index contributed by atoms with van der Waals surface area (Å²) in [6.07, 6.45) is 5.50. The van der Waals surface area contributed by atoms with Crippen LogP contribution in [0.15, 0.2) is 47.5 Å². The lowest BCUT2D eigenvalue weighted by Gasteiger charge is -2.32. The summed E-state index contributed by atoms with van der Waals surface area (Å²) in [5, 5.41) is 0.777. The molecule has 32 heavy (non-hydrogen) atoms. The Balaban J connectivity index is 1.36. The van der Waals surface area contributed by atoms with Crippen molar-refractivity contribution >= 4 is 16.8 Å². The molecule has 1 saturated heterocycles. The van der Waals surface area contributed by atoms with Crippen LogP contribution in [0.1, 0.15) is 41.9 Å². The average molecular weight is 439 g/mol. The minimum Gasteiger partial charge on any atom is -0.379 e. The van der Waals surface area contributed by atoms with E-state index in [0.29, 0.717) is 56.5 Å². The van der Waals surface area contributed by atoms with Crippen LogP contribution in [0.2, 0.25) is 0 Å². The van der Waals surface area contributed by atoms with Crippen molar-refractivity contribution < 1.29 is 14.3 Å². The highest BCUT2D eigenvalue weighted by atomic mass is 16.5. The van der Waals surface area contributed by atoms with Gasteiger partial charge in [-0.1, -0.05) is 18.2 Å². The molecule has 4 rings (SSSR count). The van der Waals surface area contributed by atoms with Gasteiger partial charge in [-0.25, -0.2) is 4.98 Å². The minimum atomic E-state index is -0.257. The first-order valence-electron chi connectivity index (χ1n) is 11.2. The Hall–Kier alpha value is -2.97. The van der Waals surface area contributed by atoms with Gasteiger partial charge in [0.25, 0.3) is 5.91 Å². The van der Waals surface area contributed by atoms with Crippen molar-refractivity contribution in [3.8, 4) is 0 Å². The summed E-state index contributed by atoms with van der Waals surface area (Å²) < 4.78 is 13.1. The molecule has 0 saturated carbocycles. The predicted octanol–water partition coefficient (Wildman–Crippen LogP) is 2.80. The summed E-state index contributed by atoms with van der Waals surface area (Å²) >= 11 is 0. The standard InChI is InChI=1S/C24H30N4O4/c1-2-31-15-16-32-14-13-27-12-9-25-23(27)18-7-10-28(11-8-18)24(30)20-17-22(29)26-21-6-4-3-5-19(20)21/h3-6,9,12,17-18H,2,7-8,10-11,13-16H2,1H3,(H,26,29). The first kappa shape index (κ1) is 22.2. The number of hydrogen-bond donors (Lipinski definition) is 1. The fourth-order valence-electron chi connectivity index (χ4n) is 4.29. The Morgan fingerprint density at radius 1 is 1.16 bits per heavy atom. The van der Waals surface area contributed by atoms with Crippen molar-refractivity contribution in [2.24, 2.45) is 0 Å². The van der Waals surface area contributed by atoms with E-state index in [2.05, 4.69) is 14.5 Å². The smallest absolute Gasteiger partial charge is 0.254 e. The van der Waals surface area contributed by atoms with E-state index in [4.69, 9.17) is 9.47 Å². The molecule has 3 heterocycles. The number of para-hydroxylation sites is 1. The van der Waals surface area contributed by atoms with E-state index in [1.807, 2.05) is 48.5 Å². The normalized spacial score (nSPS) is 14.8. The molecule has 0 bridgehead atoms. The van der Waals surface area contributed by atoms with E-state index in [0.717, 1.165) is 30.6 Å². The fourth-order valence-corrected chi connectivity index (χ4v) is 4.29. The summed E-state index contributed by atoms with van der Waals surface area (Å²) in [6, 6.07) is 8.84. The molecule has 170 valence electrons. The van der Waals surface area contributed by atoms with Crippen molar-refractivity contribution in [1.29, 1.82) is 0 Å². The van der Waals surface area contributed by atoms with Crippen molar-refractivity contribution in [2.75, 3.05) is 39.5 Å². The highest BCUT2D eigenvalue weighted by molar-refractivity contribution is 6.05. The fraction of sp³-hybridized carbons (Fsp3) is 0.458. The molecule has 3 aromatic rings. The molecule has 1 fully saturated rings. The number of aromatic amines is 1. The highest BCUT2D eigenvalue weighted by Crippen LogP contribution is 2.28. The number of benzene rings is 1. The van der Waals surface area contributed by atoms with Crippen LogP contribution < -0.4 is 5.56 Å². The first-order valence-corrected chi connectivity index (χ1v) is 11.2. The maximum atomic E-state index is 13.2. The molecule has 1 amide bonds. The van der Waals surface area contributed by atoms with Gasteiger partial charge in [-0.15, -0.1) is 0 Å². The van der Waals surface area contributed by atoms with Gasteiger partial charge in [0.2, 0.25) is 5.56 Å². The number of nitrogens with zero attached hydrogens (tertiary/aromatic N) is 3. The lowest BCUT2D eigenvalue weighted by atomic mass is 9.95. The summed E-state index contributed by atoms with van der Waals surface area (Å²) in [7, 11) is 0. The van der Waals surface area contributed by atoms with Gasteiger partial charge in [0.15, 0.2) is 0 Å². The molecular formula is C24H30N4O4. The molecule has 0 unspecified atom stereocenters. The van der Waals surface area contributed by atoms with Crippen LogP contribution in [0.5, 0.6) is 0 Å². The van der Waals surface area contributed by atoms with E-state index in [-0.39, 0.29) is 11.5 Å². The van der Waals surface area contributed by atoms with Gasteiger partial charge in [0.05, 0.1) is 25.4 Å². The molecule has 0 radical (unpaired) electrons. The second-order valence-corrected chi connectivity index (χ2v) is 7.95. The van der Waals surface area contributed by atoms with Gasteiger partial charge in [-0.2, -0.15) is 0 Å². The average Bonchev–Trinajstić information content (AvgIpc) is 3.29. The SMILES string of the molecule is CCOCCOCCn1ccnc1C1CCN(C(=O)c2cc(=O)[nH]c3ccccc23)CC1. The van der Waals surface area contributed by atoms with Crippen LogP contribution in [0, 0.1) is 0 Å². The van der Waals surface area contributed by atoms with E-state index in [9.17, 15) is 9.59 Å². The second kappa shape index (κ2) is 10.6. The van der Waals surface area contributed by atoms with Gasteiger partial charge in [0, 0.05) is 61.5 Å². The Morgan fingerprint density at radius 2 is 1.94 bits per heavy atom. The zero-order valence-electron chi connectivity index (χ0n) is 18.5. The molecule has 1 aliphatic rings. The number of carbonyl (C=O) groups is 1. The Morgan fingerprint density at radius 3 is 2.75 bits per heavy atom. The van der Waals surface area contributed by atoms with Gasteiger partial charge in [-0.3, -0.25) is 9.59 Å². The van der Waals surface area contributed by atoms with E-state index < -0.39 is 0 Å². The molecule has 0 spiro atoms. The molecule has 1 aliphatic heterocycles. The minimum absolute atomic E-state index is 0.0863. The highest BCUT2D eigenvalue weighted by Gasteiger charge is 2.28. The second-order valence-electron chi connectivity index (χ2n) is 7.95. The monoisotopic (exact) mass is 438 g/mol. The number of aromatic nitrogens is 3. The largest absolute Gasteiger partial charge is 0.379 e. The third-order valence-corrected chi connectivity index (χ3v) is 5.93. The van der Waals surface area contributed by atoms with E-state index in [1.54, 1.807) is 0 Å². The van der Waals surface area contributed by atoms with Gasteiger partial charge < -0.3 is 23.9 Å². The summed E-state index contributed by atoms with van der Waals surface area (Å²) in [6.45, 7) is 6.52. The number of hydrogen-bond acceptors (Lipinski definition) is 5. The summed E-state index contributed by atoms with van der Waals surface area (Å²) in [5.74, 6) is 1.26. The van der Waals surface area contributed by atoms with E-state index in [1.165, 1.54) is 6.07 Å². The zero-order valence-corrected chi connectivity index (χ0v) is 18.5. The van der Waals surface area contributed by atoms with Gasteiger partial charge in [0.1, 0.15) is 5.82 Å². The van der Waals surface area contributed by atoms with Gasteiger partial charge >= 0.3 is 0 Å². The number of carbonyl (C=O) groups excluding carboxylic acids is 1. The number of fused-ring (bicyclic) bond motifs is 1. The third kappa shape index (κ3) is 5.08. The molecule has 8 heteroatoms. The van der Waals surface area contributed by atoms with Gasteiger partial charge in [-0.05, 0) is 25.8 Å². The van der Waals surface area contributed by atoms with E-state index >= 15 is 0 Å². The summed E-state index contributed by atoms with van der Waals surface area (Å²) in [5.41, 5.74) is 0.893. The molecular weight excluding hydrogens is 408 g/mol. The molecule has 0 atom stereocenters. The third-order valence-electron chi connectivity index (χ3n) is 5.93. The number of rotatable bonds is 9. The van der Waals surface area contributed by atoms with Crippen molar-refractivity contribution in [1.82, 2.24) is 19.4 Å². The number of ether oxygens (including phenoxy) is 2. The quantitative estimate of drug-likeness (QED) is 0.519. The first-order chi connectivity index (χ1) is 15.7. The van der Waals surface area contributed by atoms with Crippen LogP contribution in [0.3, 0.4) is 0 Å². The predicted molar refractivity (Wildman–Crippen MR) is 122 cm³/mol. The number of pyridine rings is 1. The molecule has 8 nitrogen and oxygen atoms in total. The number of imidazole rings is 1. The van der Waals surface area contributed by atoms with Crippen LogP contribution in [0.4, 0.5) is 0 Å². The number of likely N-dealkylation sites (tertiary alicyclic amines) is 1.